The van der Waals surface area contributed by atoms with Gasteiger partial charge in [-0.25, -0.2) is 8.42 Å². The summed E-state index contributed by atoms with van der Waals surface area (Å²) in [7, 11) is -1.60. The van der Waals surface area contributed by atoms with Gasteiger partial charge in [0.2, 0.25) is 0 Å². The fourth-order valence-electron chi connectivity index (χ4n) is 2.00. The number of hydrogen-bond donors (Lipinski definition) is 0. The highest BCUT2D eigenvalue weighted by atomic mass is 35.5. The third-order valence-corrected chi connectivity index (χ3v) is 4.77. The molecule has 0 aliphatic heterocycles. The van der Waals surface area contributed by atoms with E-state index in [9.17, 15) is 13.2 Å². The number of benzene rings is 2. The molecule has 7 heteroatoms. The van der Waals surface area contributed by atoms with Gasteiger partial charge in [-0.15, -0.1) is 0 Å². The van der Waals surface area contributed by atoms with Crippen LogP contribution in [0.1, 0.15) is 10.4 Å². The molecule has 0 radical (unpaired) electrons. The second-order valence-electron chi connectivity index (χ2n) is 5.33. The first-order valence-electron chi connectivity index (χ1n) is 7.21. The average Bonchev–Trinajstić information content (AvgIpc) is 2.55. The third kappa shape index (κ3) is 4.97. The van der Waals surface area contributed by atoms with Crippen LogP contribution in [0.3, 0.4) is 0 Å². The lowest BCUT2D eigenvalue weighted by Crippen LogP contribution is -2.30. The number of ether oxygens (including phenoxy) is 1. The van der Waals surface area contributed by atoms with Gasteiger partial charge < -0.3 is 9.64 Å². The van der Waals surface area contributed by atoms with Crippen LogP contribution in [0.5, 0.6) is 5.75 Å². The molecule has 0 N–H and O–H groups in total. The largest absolute Gasteiger partial charge is 0.492 e. The van der Waals surface area contributed by atoms with Gasteiger partial charge in [0.05, 0.1) is 11.4 Å². The van der Waals surface area contributed by atoms with E-state index in [-0.39, 0.29) is 10.8 Å². The molecule has 0 atom stereocenters. The normalized spacial score (nSPS) is 11.1. The maximum absolute atomic E-state index is 12.3. The maximum atomic E-state index is 12.3. The third-order valence-electron chi connectivity index (χ3n) is 3.39. The summed E-state index contributed by atoms with van der Waals surface area (Å²) in [5.74, 6) is 0.479. The van der Waals surface area contributed by atoms with Gasteiger partial charge in [-0.2, -0.15) is 0 Å². The second kappa shape index (κ2) is 7.68. The first kappa shape index (κ1) is 18.3. The molecule has 0 fully saturated rings. The summed E-state index contributed by atoms with van der Waals surface area (Å²) in [6.45, 7) is 0.737. The summed E-state index contributed by atoms with van der Waals surface area (Å²) >= 11 is 5.80. The molecular formula is C17H18ClNO4S. The molecule has 5 nitrogen and oxygen atoms in total. The van der Waals surface area contributed by atoms with Crippen LogP contribution in [0.25, 0.3) is 0 Å². The number of amides is 1. The fourth-order valence-corrected chi connectivity index (χ4v) is 2.75. The number of hydrogen-bond acceptors (Lipinski definition) is 4. The molecule has 128 valence electrons. The van der Waals surface area contributed by atoms with Gasteiger partial charge in [-0.1, -0.05) is 11.6 Å². The van der Waals surface area contributed by atoms with Crippen LogP contribution in [0, 0.1) is 0 Å². The van der Waals surface area contributed by atoms with E-state index in [1.54, 1.807) is 31.3 Å². The Morgan fingerprint density at radius 2 is 1.67 bits per heavy atom. The Morgan fingerprint density at radius 1 is 1.08 bits per heavy atom. The maximum Gasteiger partial charge on any atom is 0.253 e. The van der Waals surface area contributed by atoms with Crippen molar-refractivity contribution in [2.24, 2.45) is 0 Å². The second-order valence-corrected chi connectivity index (χ2v) is 7.78. The smallest absolute Gasteiger partial charge is 0.253 e. The minimum Gasteiger partial charge on any atom is -0.492 e. The number of nitrogens with zero attached hydrogens (tertiary/aromatic N) is 1. The van der Waals surface area contributed by atoms with Crippen LogP contribution in [0.2, 0.25) is 5.02 Å². The van der Waals surface area contributed by atoms with E-state index in [4.69, 9.17) is 16.3 Å². The van der Waals surface area contributed by atoms with E-state index in [0.29, 0.717) is 29.5 Å². The molecule has 0 heterocycles. The molecule has 0 bridgehead atoms. The van der Waals surface area contributed by atoms with Crippen molar-refractivity contribution in [2.45, 2.75) is 4.90 Å². The van der Waals surface area contributed by atoms with Crippen molar-refractivity contribution in [3.05, 3.63) is 59.1 Å². The first-order valence-corrected chi connectivity index (χ1v) is 9.48. The molecular weight excluding hydrogens is 350 g/mol. The Balaban J connectivity index is 1.90. The van der Waals surface area contributed by atoms with E-state index >= 15 is 0 Å². The van der Waals surface area contributed by atoms with Crippen LogP contribution in [0.15, 0.2) is 53.4 Å². The number of sulfone groups is 1. The molecule has 0 aliphatic carbocycles. The molecule has 24 heavy (non-hydrogen) atoms. The molecule has 0 aromatic heterocycles. The van der Waals surface area contributed by atoms with Crippen molar-refractivity contribution in [3.8, 4) is 5.75 Å². The minimum absolute atomic E-state index is 0.188. The molecule has 2 aromatic carbocycles. The molecule has 0 aliphatic rings. The number of halogens is 1. The summed E-state index contributed by atoms with van der Waals surface area (Å²) < 4.78 is 28.4. The Labute approximate surface area is 146 Å². The average molecular weight is 368 g/mol. The Hall–Kier alpha value is -2.05. The van der Waals surface area contributed by atoms with Crippen LogP contribution < -0.4 is 4.74 Å². The molecule has 0 unspecified atom stereocenters. The molecule has 2 rings (SSSR count). The summed E-state index contributed by atoms with van der Waals surface area (Å²) in [5, 5.41) is 0.632. The Bertz CT molecular complexity index is 801. The van der Waals surface area contributed by atoms with Gasteiger partial charge in [0.15, 0.2) is 9.84 Å². The zero-order valence-corrected chi connectivity index (χ0v) is 15.0. The van der Waals surface area contributed by atoms with Gasteiger partial charge >= 0.3 is 0 Å². The summed E-state index contributed by atoms with van der Waals surface area (Å²) in [6.07, 6.45) is 1.13. The van der Waals surface area contributed by atoms with Gasteiger partial charge in [0.1, 0.15) is 12.4 Å². The lowest BCUT2D eigenvalue weighted by atomic mass is 10.2. The summed E-state index contributed by atoms with van der Waals surface area (Å²) in [4.78, 5) is 14.0. The van der Waals surface area contributed by atoms with E-state index in [0.717, 1.165) is 6.26 Å². The molecule has 0 spiro atoms. The van der Waals surface area contributed by atoms with Crippen LogP contribution in [-0.4, -0.2) is 45.7 Å². The van der Waals surface area contributed by atoms with Crippen LogP contribution >= 0.6 is 11.6 Å². The van der Waals surface area contributed by atoms with Gasteiger partial charge in [-0.3, -0.25) is 4.79 Å². The molecule has 0 saturated carbocycles. The molecule has 1 amide bonds. The predicted molar refractivity (Wildman–Crippen MR) is 93.5 cm³/mol. The molecule has 0 saturated heterocycles. The first-order chi connectivity index (χ1) is 11.3. The van der Waals surface area contributed by atoms with E-state index in [2.05, 4.69) is 0 Å². The zero-order valence-electron chi connectivity index (χ0n) is 13.4. The van der Waals surface area contributed by atoms with E-state index in [1.165, 1.54) is 29.2 Å². The van der Waals surface area contributed by atoms with Crippen molar-refractivity contribution in [2.75, 3.05) is 26.5 Å². The van der Waals surface area contributed by atoms with Crippen molar-refractivity contribution < 1.29 is 17.9 Å². The Morgan fingerprint density at radius 3 is 2.21 bits per heavy atom. The number of likely N-dealkylation sites (N-methyl/N-ethyl adjacent to an activating group) is 1. The molecule has 2 aromatic rings. The van der Waals surface area contributed by atoms with Gasteiger partial charge in [0.25, 0.3) is 5.91 Å². The van der Waals surface area contributed by atoms with Crippen LogP contribution in [-0.2, 0) is 9.84 Å². The highest BCUT2D eigenvalue weighted by Gasteiger charge is 2.13. The zero-order chi connectivity index (χ0) is 17.7. The highest BCUT2D eigenvalue weighted by molar-refractivity contribution is 7.90. The Kier molecular flexibility index (Phi) is 5.85. The van der Waals surface area contributed by atoms with Crippen LogP contribution in [0.4, 0.5) is 0 Å². The number of carbonyl (C=O) groups excluding carboxylic acids is 1. The van der Waals surface area contributed by atoms with Gasteiger partial charge in [0, 0.05) is 23.9 Å². The van der Waals surface area contributed by atoms with Crippen molar-refractivity contribution in [1.82, 2.24) is 4.90 Å². The minimum atomic E-state index is -3.27. The lowest BCUT2D eigenvalue weighted by molar-refractivity contribution is 0.0773. The van der Waals surface area contributed by atoms with Crippen molar-refractivity contribution in [3.63, 3.8) is 0 Å². The highest BCUT2D eigenvalue weighted by Crippen LogP contribution is 2.15. The number of carbonyl (C=O) groups is 1. The summed E-state index contributed by atoms with van der Waals surface area (Å²) in [5.41, 5.74) is 0.427. The SMILES string of the molecule is CN(CCOc1ccc(Cl)cc1)C(=O)c1ccc(S(C)(=O)=O)cc1. The summed E-state index contributed by atoms with van der Waals surface area (Å²) in [6, 6.07) is 12.9. The van der Waals surface area contributed by atoms with Crippen molar-refractivity contribution >= 4 is 27.3 Å². The number of rotatable bonds is 6. The van der Waals surface area contributed by atoms with Crippen molar-refractivity contribution in [1.29, 1.82) is 0 Å². The standard InChI is InChI=1S/C17H18ClNO4S/c1-19(11-12-23-15-7-5-14(18)6-8-15)17(20)13-3-9-16(10-4-13)24(2,21)22/h3-10H,11-12H2,1-2H3. The predicted octanol–water partition coefficient (Wildman–Crippen LogP) is 2.89. The topological polar surface area (TPSA) is 63.7 Å². The van der Waals surface area contributed by atoms with Gasteiger partial charge in [-0.05, 0) is 48.5 Å². The lowest BCUT2D eigenvalue weighted by Gasteiger charge is -2.17. The monoisotopic (exact) mass is 367 g/mol. The fraction of sp³-hybridized carbons (Fsp3) is 0.235. The quantitative estimate of drug-likeness (QED) is 0.787. The van der Waals surface area contributed by atoms with E-state index in [1.807, 2.05) is 0 Å². The van der Waals surface area contributed by atoms with E-state index < -0.39 is 9.84 Å².